The van der Waals surface area contributed by atoms with Crippen LogP contribution in [0.2, 0.25) is 0 Å². The van der Waals surface area contributed by atoms with Gasteiger partial charge in [0.1, 0.15) is 0 Å². The highest BCUT2D eigenvalue weighted by Gasteiger charge is 2.54. The lowest BCUT2D eigenvalue weighted by atomic mass is 10.1. The lowest BCUT2D eigenvalue weighted by Crippen LogP contribution is -2.29. The maximum absolute atomic E-state index is 11.6. The van der Waals surface area contributed by atoms with Crippen molar-refractivity contribution in [3.05, 3.63) is 0 Å². The van der Waals surface area contributed by atoms with Gasteiger partial charge in [-0.15, -0.1) is 0 Å². The third-order valence-electron chi connectivity index (χ3n) is 4.52. The molecule has 1 saturated carbocycles. The van der Waals surface area contributed by atoms with Gasteiger partial charge in [0, 0.05) is 24.7 Å². The number of ether oxygens (including phenoxy) is 4. The molecule has 2 aliphatic rings. The van der Waals surface area contributed by atoms with E-state index in [-0.39, 0.29) is 36.0 Å². The number of hydrogen-bond acceptors (Lipinski definition) is 6. The first-order chi connectivity index (χ1) is 11.4. The normalized spacial score (nSPS) is 30.8. The highest BCUT2D eigenvalue weighted by molar-refractivity contribution is 5.69. The highest BCUT2D eigenvalue weighted by Crippen LogP contribution is 2.45. The molecule has 0 bridgehead atoms. The zero-order valence-electron chi connectivity index (χ0n) is 15.2. The van der Waals surface area contributed by atoms with E-state index in [1.165, 1.54) is 0 Å². The van der Waals surface area contributed by atoms with Crippen LogP contribution in [-0.2, 0) is 28.5 Å². The molecule has 0 spiro atoms. The molecule has 2 rings (SSSR count). The van der Waals surface area contributed by atoms with Crippen molar-refractivity contribution >= 4 is 11.9 Å². The zero-order chi connectivity index (χ0) is 17.7. The van der Waals surface area contributed by atoms with Gasteiger partial charge in [-0.3, -0.25) is 9.59 Å². The summed E-state index contributed by atoms with van der Waals surface area (Å²) in [4.78, 5) is 23.2. The quantitative estimate of drug-likeness (QED) is 0.632. The molecule has 6 nitrogen and oxygen atoms in total. The summed E-state index contributed by atoms with van der Waals surface area (Å²) in [6, 6.07) is 0. The lowest BCUT2D eigenvalue weighted by molar-refractivity contribution is -0.168. The molecule has 0 radical (unpaired) electrons. The molecular formula is C18H30O6. The number of hydrogen-bond donors (Lipinski definition) is 0. The molecule has 2 fully saturated rings. The Balaban J connectivity index is 1.92. The Morgan fingerprint density at radius 1 is 0.917 bits per heavy atom. The molecule has 0 unspecified atom stereocenters. The first-order valence-corrected chi connectivity index (χ1v) is 9.03. The van der Waals surface area contributed by atoms with Gasteiger partial charge >= 0.3 is 11.9 Å². The largest absolute Gasteiger partial charge is 0.465 e. The first-order valence-electron chi connectivity index (χ1n) is 9.03. The van der Waals surface area contributed by atoms with E-state index in [0.717, 1.165) is 19.3 Å². The summed E-state index contributed by atoms with van der Waals surface area (Å²) in [6.07, 6.45) is 2.94. The van der Waals surface area contributed by atoms with Gasteiger partial charge in [-0.25, -0.2) is 0 Å². The van der Waals surface area contributed by atoms with Gasteiger partial charge in [0.05, 0.1) is 25.4 Å². The molecule has 6 heteroatoms. The van der Waals surface area contributed by atoms with E-state index in [4.69, 9.17) is 18.9 Å². The molecular weight excluding hydrogens is 312 g/mol. The average molecular weight is 342 g/mol. The van der Waals surface area contributed by atoms with Gasteiger partial charge in [-0.05, 0) is 33.1 Å². The number of fused-ring (bicyclic) bond motifs is 1. The van der Waals surface area contributed by atoms with Crippen LogP contribution in [-0.4, -0.2) is 43.1 Å². The van der Waals surface area contributed by atoms with Gasteiger partial charge in [-0.1, -0.05) is 13.8 Å². The molecule has 4 atom stereocenters. The fraction of sp³-hybridized carbons (Fsp3) is 0.889. The second-order valence-electron chi connectivity index (χ2n) is 7.19. The number of esters is 2. The van der Waals surface area contributed by atoms with E-state index in [2.05, 4.69) is 0 Å². The minimum atomic E-state index is -0.660. The fourth-order valence-corrected chi connectivity index (χ4v) is 3.48. The van der Waals surface area contributed by atoms with E-state index in [9.17, 15) is 9.59 Å². The molecule has 24 heavy (non-hydrogen) atoms. The molecule has 1 aliphatic carbocycles. The van der Waals surface area contributed by atoms with Crippen LogP contribution in [0, 0.1) is 11.8 Å². The summed E-state index contributed by atoms with van der Waals surface area (Å²) >= 11 is 0. The van der Waals surface area contributed by atoms with Gasteiger partial charge < -0.3 is 18.9 Å². The number of rotatable bonds is 8. The van der Waals surface area contributed by atoms with Crippen LogP contribution in [0.1, 0.15) is 59.8 Å². The molecule has 0 aromatic carbocycles. The van der Waals surface area contributed by atoms with Crippen LogP contribution < -0.4 is 0 Å². The van der Waals surface area contributed by atoms with Crippen molar-refractivity contribution in [2.45, 2.75) is 77.8 Å². The fourth-order valence-electron chi connectivity index (χ4n) is 3.48. The summed E-state index contributed by atoms with van der Waals surface area (Å²) in [7, 11) is 0. The summed E-state index contributed by atoms with van der Waals surface area (Å²) < 4.78 is 22.8. The van der Waals surface area contributed by atoms with Crippen LogP contribution in [0.15, 0.2) is 0 Å². The zero-order valence-corrected chi connectivity index (χ0v) is 15.2. The standard InChI is InChI=1S/C18H30O6/c1-5-7-14(19)21-10-12-9-13(11-22-15(20)8-6-2)17-16(12)23-18(3,4)24-17/h12-13,16-17H,5-11H2,1-4H3/t12-,13+,16-,17+. The second-order valence-corrected chi connectivity index (χ2v) is 7.19. The predicted octanol–water partition coefficient (Wildman–Crippen LogP) is 2.83. The maximum Gasteiger partial charge on any atom is 0.305 e. The van der Waals surface area contributed by atoms with Crippen molar-refractivity contribution in [3.8, 4) is 0 Å². The Morgan fingerprint density at radius 2 is 1.33 bits per heavy atom. The van der Waals surface area contributed by atoms with Crippen LogP contribution >= 0.6 is 0 Å². The van der Waals surface area contributed by atoms with Crippen LogP contribution in [0.25, 0.3) is 0 Å². The molecule has 0 N–H and O–H groups in total. The molecule has 1 saturated heterocycles. The Kier molecular flexibility index (Phi) is 6.63. The third-order valence-corrected chi connectivity index (χ3v) is 4.52. The Bertz CT molecular complexity index is 409. The number of carbonyl (C=O) groups excluding carboxylic acids is 2. The molecule has 1 heterocycles. The van der Waals surface area contributed by atoms with Crippen molar-refractivity contribution in [1.29, 1.82) is 0 Å². The molecule has 0 amide bonds. The molecule has 0 aromatic rings. The van der Waals surface area contributed by atoms with Gasteiger partial charge in [0.25, 0.3) is 0 Å². The van der Waals surface area contributed by atoms with Crippen molar-refractivity contribution < 1.29 is 28.5 Å². The maximum atomic E-state index is 11.6. The van der Waals surface area contributed by atoms with E-state index < -0.39 is 5.79 Å². The van der Waals surface area contributed by atoms with Crippen LogP contribution in [0.4, 0.5) is 0 Å². The van der Waals surface area contributed by atoms with Gasteiger partial charge in [-0.2, -0.15) is 0 Å². The smallest absolute Gasteiger partial charge is 0.305 e. The van der Waals surface area contributed by atoms with E-state index in [1.54, 1.807) is 0 Å². The van der Waals surface area contributed by atoms with Crippen LogP contribution in [0.3, 0.4) is 0 Å². The summed E-state index contributed by atoms with van der Waals surface area (Å²) in [6.45, 7) is 8.32. The van der Waals surface area contributed by atoms with Crippen molar-refractivity contribution in [2.75, 3.05) is 13.2 Å². The molecule has 0 aromatic heterocycles. The van der Waals surface area contributed by atoms with Gasteiger partial charge in [0.15, 0.2) is 5.79 Å². The van der Waals surface area contributed by atoms with Crippen molar-refractivity contribution in [1.82, 2.24) is 0 Å². The predicted molar refractivity (Wildman–Crippen MR) is 87.2 cm³/mol. The SMILES string of the molecule is CCCC(=O)OC[C@H]1C[C@@H](COC(=O)CCC)[C@@H]2OC(C)(C)O[C@H]12. The van der Waals surface area contributed by atoms with Crippen molar-refractivity contribution in [3.63, 3.8) is 0 Å². The Morgan fingerprint density at radius 3 is 1.71 bits per heavy atom. The molecule has 138 valence electrons. The summed E-state index contributed by atoms with van der Waals surface area (Å²) in [5.41, 5.74) is 0. The Hall–Kier alpha value is -1.14. The van der Waals surface area contributed by atoms with Crippen LogP contribution in [0.5, 0.6) is 0 Å². The monoisotopic (exact) mass is 342 g/mol. The van der Waals surface area contributed by atoms with E-state index in [0.29, 0.717) is 26.1 Å². The van der Waals surface area contributed by atoms with Gasteiger partial charge in [0.2, 0.25) is 0 Å². The van der Waals surface area contributed by atoms with Crippen molar-refractivity contribution in [2.24, 2.45) is 11.8 Å². The van der Waals surface area contributed by atoms with E-state index >= 15 is 0 Å². The lowest BCUT2D eigenvalue weighted by Gasteiger charge is -2.23. The van der Waals surface area contributed by atoms with E-state index in [1.807, 2.05) is 27.7 Å². The molecule has 1 aliphatic heterocycles. The average Bonchev–Trinajstić information content (AvgIpc) is 2.97. The topological polar surface area (TPSA) is 71.1 Å². The summed E-state index contributed by atoms with van der Waals surface area (Å²) in [5, 5.41) is 0. The number of carbonyl (C=O) groups is 2. The highest BCUT2D eigenvalue weighted by atomic mass is 16.8. The summed E-state index contributed by atoms with van der Waals surface area (Å²) in [5.74, 6) is -0.859. The second kappa shape index (κ2) is 8.30. The Labute approximate surface area is 144 Å². The first kappa shape index (κ1) is 19.2. The third kappa shape index (κ3) is 4.93. The minimum Gasteiger partial charge on any atom is -0.465 e. The minimum absolute atomic E-state index is 0.0764.